The van der Waals surface area contributed by atoms with E-state index in [1.54, 1.807) is 0 Å². The molecule has 3 aromatic rings. The number of fused-ring (bicyclic) bond motifs is 1. The Kier molecular flexibility index (Phi) is 5.34. The second-order valence-electron chi connectivity index (χ2n) is 6.15. The molecule has 0 unspecified atom stereocenters. The zero-order chi connectivity index (χ0) is 17.6. The van der Waals surface area contributed by atoms with Gasteiger partial charge in [0.2, 0.25) is 5.91 Å². The summed E-state index contributed by atoms with van der Waals surface area (Å²) in [5.74, 6) is 0.873. The van der Waals surface area contributed by atoms with E-state index in [1.807, 2.05) is 56.3 Å². The normalized spacial score (nSPS) is 11.9. The Balaban J connectivity index is 1.62. The van der Waals surface area contributed by atoms with Crippen molar-refractivity contribution >= 4 is 16.7 Å². The van der Waals surface area contributed by atoms with Gasteiger partial charge in [-0.25, -0.2) is 0 Å². The Bertz CT molecular complexity index is 855. The van der Waals surface area contributed by atoms with Gasteiger partial charge in [0.1, 0.15) is 5.75 Å². The van der Waals surface area contributed by atoms with Crippen LogP contribution in [-0.2, 0) is 11.2 Å². The van der Waals surface area contributed by atoms with Crippen molar-refractivity contribution in [3.8, 4) is 5.75 Å². The van der Waals surface area contributed by atoms with Crippen LogP contribution >= 0.6 is 0 Å². The standard InChI is InChI=1S/C22H23NO2/c1-3-25-21-12-10-18(11-13-21)16(2)23-22(24)15-17-8-9-19-6-4-5-7-20(19)14-17/h4-14,16H,3,15H2,1-2H3,(H,23,24)/t16-/m0/s1. The summed E-state index contributed by atoms with van der Waals surface area (Å²) in [6.45, 7) is 4.61. The molecular weight excluding hydrogens is 310 g/mol. The summed E-state index contributed by atoms with van der Waals surface area (Å²) in [7, 11) is 0. The van der Waals surface area contributed by atoms with Crippen molar-refractivity contribution in [1.29, 1.82) is 0 Å². The largest absolute Gasteiger partial charge is 0.494 e. The number of amides is 1. The molecule has 0 aromatic heterocycles. The smallest absolute Gasteiger partial charge is 0.224 e. The Hall–Kier alpha value is -2.81. The van der Waals surface area contributed by atoms with Crippen LogP contribution in [0.2, 0.25) is 0 Å². The Morgan fingerprint density at radius 2 is 1.72 bits per heavy atom. The van der Waals surface area contributed by atoms with Crippen molar-refractivity contribution in [1.82, 2.24) is 5.32 Å². The van der Waals surface area contributed by atoms with E-state index in [2.05, 4.69) is 29.6 Å². The maximum absolute atomic E-state index is 12.4. The van der Waals surface area contributed by atoms with Crippen molar-refractivity contribution in [3.63, 3.8) is 0 Å². The fourth-order valence-corrected chi connectivity index (χ4v) is 2.93. The fourth-order valence-electron chi connectivity index (χ4n) is 2.93. The lowest BCUT2D eigenvalue weighted by molar-refractivity contribution is -0.121. The van der Waals surface area contributed by atoms with Crippen LogP contribution in [0.1, 0.15) is 31.0 Å². The molecule has 0 aliphatic rings. The SMILES string of the molecule is CCOc1ccc([C@H](C)NC(=O)Cc2ccc3ccccc3c2)cc1. The van der Waals surface area contributed by atoms with Crippen molar-refractivity contribution in [3.05, 3.63) is 77.9 Å². The quantitative estimate of drug-likeness (QED) is 0.712. The van der Waals surface area contributed by atoms with Crippen LogP contribution < -0.4 is 10.1 Å². The number of benzene rings is 3. The highest BCUT2D eigenvalue weighted by atomic mass is 16.5. The molecule has 25 heavy (non-hydrogen) atoms. The Morgan fingerprint density at radius 1 is 1.00 bits per heavy atom. The molecule has 0 aliphatic carbocycles. The van der Waals surface area contributed by atoms with Gasteiger partial charge < -0.3 is 10.1 Å². The molecule has 1 amide bonds. The molecule has 0 bridgehead atoms. The number of carbonyl (C=O) groups is 1. The maximum atomic E-state index is 12.4. The van der Waals surface area contributed by atoms with E-state index in [0.717, 1.165) is 22.3 Å². The third kappa shape index (κ3) is 4.38. The summed E-state index contributed by atoms with van der Waals surface area (Å²) >= 11 is 0. The number of carbonyl (C=O) groups excluding carboxylic acids is 1. The minimum Gasteiger partial charge on any atom is -0.494 e. The molecule has 3 rings (SSSR count). The zero-order valence-electron chi connectivity index (χ0n) is 14.7. The molecule has 3 aromatic carbocycles. The van der Waals surface area contributed by atoms with E-state index >= 15 is 0 Å². The molecule has 1 atom stereocenters. The first-order valence-corrected chi connectivity index (χ1v) is 8.65. The van der Waals surface area contributed by atoms with E-state index < -0.39 is 0 Å². The summed E-state index contributed by atoms with van der Waals surface area (Å²) in [5.41, 5.74) is 2.09. The van der Waals surface area contributed by atoms with E-state index in [4.69, 9.17) is 4.74 Å². The molecule has 3 nitrogen and oxygen atoms in total. The van der Waals surface area contributed by atoms with Crippen LogP contribution in [-0.4, -0.2) is 12.5 Å². The summed E-state index contributed by atoms with van der Waals surface area (Å²) in [6, 6.07) is 22.2. The van der Waals surface area contributed by atoms with E-state index in [9.17, 15) is 4.79 Å². The van der Waals surface area contributed by atoms with E-state index in [1.165, 1.54) is 5.39 Å². The average molecular weight is 333 g/mol. The monoisotopic (exact) mass is 333 g/mol. The minimum absolute atomic E-state index is 0.0247. The van der Waals surface area contributed by atoms with Gasteiger partial charge in [-0.1, -0.05) is 54.6 Å². The predicted molar refractivity (Wildman–Crippen MR) is 102 cm³/mol. The summed E-state index contributed by atoms with van der Waals surface area (Å²) in [5, 5.41) is 5.41. The van der Waals surface area contributed by atoms with Crippen LogP contribution in [0.5, 0.6) is 5.75 Å². The maximum Gasteiger partial charge on any atom is 0.224 e. The van der Waals surface area contributed by atoms with Gasteiger partial charge in [0.15, 0.2) is 0 Å². The van der Waals surface area contributed by atoms with Crippen molar-refractivity contribution < 1.29 is 9.53 Å². The topological polar surface area (TPSA) is 38.3 Å². The summed E-state index contributed by atoms with van der Waals surface area (Å²) < 4.78 is 5.45. The highest BCUT2D eigenvalue weighted by molar-refractivity contribution is 5.85. The van der Waals surface area contributed by atoms with Gasteiger partial charge in [0.05, 0.1) is 19.1 Å². The minimum atomic E-state index is -0.0383. The van der Waals surface area contributed by atoms with Crippen LogP contribution in [0.3, 0.4) is 0 Å². The number of rotatable bonds is 6. The van der Waals surface area contributed by atoms with Gasteiger partial charge in [-0.05, 0) is 47.9 Å². The molecule has 3 heteroatoms. The van der Waals surface area contributed by atoms with Crippen molar-refractivity contribution in [2.45, 2.75) is 26.3 Å². The third-order valence-electron chi connectivity index (χ3n) is 4.25. The first-order valence-electron chi connectivity index (χ1n) is 8.65. The number of hydrogen-bond donors (Lipinski definition) is 1. The average Bonchev–Trinajstić information content (AvgIpc) is 2.62. The number of hydrogen-bond acceptors (Lipinski definition) is 2. The van der Waals surface area contributed by atoms with E-state index in [-0.39, 0.29) is 11.9 Å². The van der Waals surface area contributed by atoms with Gasteiger partial charge in [0, 0.05) is 0 Å². The van der Waals surface area contributed by atoms with Crippen LogP contribution in [0, 0.1) is 0 Å². The molecular formula is C22H23NO2. The van der Waals surface area contributed by atoms with Gasteiger partial charge in [0.25, 0.3) is 0 Å². The molecule has 0 aliphatic heterocycles. The van der Waals surface area contributed by atoms with E-state index in [0.29, 0.717) is 13.0 Å². The van der Waals surface area contributed by atoms with Crippen LogP contribution in [0.4, 0.5) is 0 Å². The van der Waals surface area contributed by atoms with Crippen molar-refractivity contribution in [2.75, 3.05) is 6.61 Å². The molecule has 0 saturated carbocycles. The highest BCUT2D eigenvalue weighted by Gasteiger charge is 2.10. The second kappa shape index (κ2) is 7.84. The van der Waals surface area contributed by atoms with Crippen LogP contribution in [0.15, 0.2) is 66.7 Å². The van der Waals surface area contributed by atoms with Gasteiger partial charge in [-0.15, -0.1) is 0 Å². The lowest BCUT2D eigenvalue weighted by Crippen LogP contribution is -2.28. The van der Waals surface area contributed by atoms with Crippen LogP contribution in [0.25, 0.3) is 10.8 Å². The lowest BCUT2D eigenvalue weighted by atomic mass is 10.0. The first kappa shape index (κ1) is 17.0. The molecule has 0 spiro atoms. The first-order chi connectivity index (χ1) is 12.2. The van der Waals surface area contributed by atoms with Gasteiger partial charge in [-0.2, -0.15) is 0 Å². The highest BCUT2D eigenvalue weighted by Crippen LogP contribution is 2.19. The second-order valence-corrected chi connectivity index (χ2v) is 6.15. The summed E-state index contributed by atoms with van der Waals surface area (Å²) in [6.07, 6.45) is 0.381. The number of nitrogens with one attached hydrogen (secondary N) is 1. The van der Waals surface area contributed by atoms with Crippen molar-refractivity contribution in [2.24, 2.45) is 0 Å². The molecule has 0 saturated heterocycles. The Morgan fingerprint density at radius 3 is 2.44 bits per heavy atom. The predicted octanol–water partition coefficient (Wildman–Crippen LogP) is 4.66. The lowest BCUT2D eigenvalue weighted by Gasteiger charge is -2.15. The number of ether oxygens (including phenoxy) is 1. The van der Waals surface area contributed by atoms with Gasteiger partial charge in [-0.3, -0.25) is 4.79 Å². The molecule has 0 heterocycles. The Labute approximate surface area is 148 Å². The molecule has 0 fully saturated rings. The summed E-state index contributed by atoms with van der Waals surface area (Å²) in [4.78, 5) is 12.4. The molecule has 1 N–H and O–H groups in total. The van der Waals surface area contributed by atoms with Gasteiger partial charge >= 0.3 is 0 Å². The fraction of sp³-hybridized carbons (Fsp3) is 0.227. The zero-order valence-corrected chi connectivity index (χ0v) is 14.7. The molecule has 128 valence electrons. The molecule has 0 radical (unpaired) electrons. The third-order valence-corrected chi connectivity index (χ3v) is 4.25.